The van der Waals surface area contributed by atoms with Crippen LogP contribution in [0.3, 0.4) is 0 Å². The van der Waals surface area contributed by atoms with Crippen molar-refractivity contribution in [1.29, 1.82) is 5.26 Å². The minimum absolute atomic E-state index is 0.369. The molecule has 2 saturated heterocycles. The Labute approximate surface area is 111 Å². The quantitative estimate of drug-likeness (QED) is 0.792. The van der Waals surface area contributed by atoms with E-state index in [2.05, 4.69) is 21.2 Å². The number of nitrogens with one attached hydrogen (secondary N) is 1. The number of hydrogen-bond donors (Lipinski definition) is 1. The average molecular weight is 250 g/mol. The number of nitriles is 1. The smallest absolute Gasteiger partial charge is 0.104 e. The average Bonchev–Trinajstić information content (AvgIpc) is 3.06. The summed E-state index contributed by atoms with van der Waals surface area (Å²) in [5.41, 5.74) is -0.369. The van der Waals surface area contributed by atoms with Gasteiger partial charge in [0, 0.05) is 19.1 Å². The molecule has 2 heterocycles. The maximum Gasteiger partial charge on any atom is 0.104 e. The SMILES string of the molecule is CNC(C)(C#N)CCN1CCC(N2CCCC2)C1. The van der Waals surface area contributed by atoms with Crippen LogP contribution in [0, 0.1) is 11.3 Å². The van der Waals surface area contributed by atoms with Gasteiger partial charge >= 0.3 is 0 Å². The van der Waals surface area contributed by atoms with Crippen LogP contribution in [0.4, 0.5) is 0 Å². The van der Waals surface area contributed by atoms with Crippen molar-refractivity contribution >= 4 is 0 Å². The van der Waals surface area contributed by atoms with Crippen LogP contribution in [-0.4, -0.2) is 61.2 Å². The second kappa shape index (κ2) is 6.01. The van der Waals surface area contributed by atoms with Crippen molar-refractivity contribution in [2.24, 2.45) is 0 Å². The van der Waals surface area contributed by atoms with Gasteiger partial charge in [0.15, 0.2) is 0 Å². The molecule has 2 fully saturated rings. The molecule has 2 aliphatic heterocycles. The summed E-state index contributed by atoms with van der Waals surface area (Å²) in [4.78, 5) is 5.18. The highest BCUT2D eigenvalue weighted by Crippen LogP contribution is 2.21. The van der Waals surface area contributed by atoms with Crippen molar-refractivity contribution in [3.63, 3.8) is 0 Å². The van der Waals surface area contributed by atoms with Gasteiger partial charge < -0.3 is 10.2 Å². The number of likely N-dealkylation sites (tertiary alicyclic amines) is 2. The third-order valence-electron chi connectivity index (χ3n) is 4.63. The van der Waals surface area contributed by atoms with E-state index in [9.17, 15) is 0 Å². The van der Waals surface area contributed by atoms with Crippen molar-refractivity contribution in [2.75, 3.05) is 39.8 Å². The molecule has 0 spiro atoms. The summed E-state index contributed by atoms with van der Waals surface area (Å²) < 4.78 is 0. The van der Waals surface area contributed by atoms with Gasteiger partial charge in [0.25, 0.3) is 0 Å². The predicted octanol–water partition coefficient (Wildman–Crippen LogP) is 1.05. The van der Waals surface area contributed by atoms with Crippen molar-refractivity contribution in [3.05, 3.63) is 0 Å². The minimum Gasteiger partial charge on any atom is -0.303 e. The topological polar surface area (TPSA) is 42.3 Å². The molecule has 4 nitrogen and oxygen atoms in total. The van der Waals surface area contributed by atoms with Gasteiger partial charge in [0.2, 0.25) is 0 Å². The Hall–Kier alpha value is -0.630. The fourth-order valence-electron chi connectivity index (χ4n) is 3.04. The molecule has 2 rings (SSSR count). The molecule has 18 heavy (non-hydrogen) atoms. The summed E-state index contributed by atoms with van der Waals surface area (Å²) in [6.07, 6.45) is 4.97. The lowest BCUT2D eigenvalue weighted by atomic mass is 10.0. The Morgan fingerprint density at radius 2 is 2.06 bits per heavy atom. The molecule has 102 valence electrons. The highest BCUT2D eigenvalue weighted by molar-refractivity contribution is 5.03. The summed E-state index contributed by atoms with van der Waals surface area (Å²) in [5, 5.41) is 12.3. The van der Waals surface area contributed by atoms with Crippen LogP contribution in [0.5, 0.6) is 0 Å². The van der Waals surface area contributed by atoms with Crippen LogP contribution in [0.2, 0.25) is 0 Å². The Kier molecular flexibility index (Phi) is 4.60. The van der Waals surface area contributed by atoms with E-state index in [4.69, 9.17) is 5.26 Å². The summed E-state index contributed by atoms with van der Waals surface area (Å²) in [6.45, 7) is 8.02. The number of nitrogens with zero attached hydrogens (tertiary/aromatic N) is 3. The van der Waals surface area contributed by atoms with Gasteiger partial charge in [-0.1, -0.05) is 0 Å². The zero-order valence-corrected chi connectivity index (χ0v) is 11.8. The van der Waals surface area contributed by atoms with E-state index in [-0.39, 0.29) is 5.54 Å². The third-order valence-corrected chi connectivity index (χ3v) is 4.63. The Morgan fingerprint density at radius 1 is 1.33 bits per heavy atom. The lowest BCUT2D eigenvalue weighted by Crippen LogP contribution is -2.42. The Bertz CT molecular complexity index is 305. The van der Waals surface area contributed by atoms with Crippen LogP contribution < -0.4 is 5.32 Å². The van der Waals surface area contributed by atoms with Crippen LogP contribution in [0.1, 0.15) is 32.6 Å². The van der Waals surface area contributed by atoms with Crippen molar-refractivity contribution in [1.82, 2.24) is 15.1 Å². The zero-order chi connectivity index (χ0) is 13.0. The Morgan fingerprint density at radius 3 is 2.67 bits per heavy atom. The van der Waals surface area contributed by atoms with Gasteiger partial charge in [-0.25, -0.2) is 0 Å². The van der Waals surface area contributed by atoms with Gasteiger partial charge in [0.1, 0.15) is 5.54 Å². The number of rotatable bonds is 5. The molecular weight excluding hydrogens is 224 g/mol. The maximum absolute atomic E-state index is 9.14. The molecule has 4 heteroatoms. The molecule has 0 bridgehead atoms. The van der Waals surface area contributed by atoms with Crippen molar-refractivity contribution in [3.8, 4) is 6.07 Å². The summed E-state index contributed by atoms with van der Waals surface area (Å²) in [5.74, 6) is 0. The molecule has 0 amide bonds. The molecule has 0 saturated carbocycles. The molecule has 0 radical (unpaired) electrons. The lowest BCUT2D eigenvalue weighted by molar-refractivity contribution is 0.225. The lowest BCUT2D eigenvalue weighted by Gasteiger charge is -2.26. The molecule has 0 aliphatic carbocycles. The van der Waals surface area contributed by atoms with E-state index >= 15 is 0 Å². The van der Waals surface area contributed by atoms with Crippen LogP contribution in [-0.2, 0) is 0 Å². The van der Waals surface area contributed by atoms with Crippen molar-refractivity contribution < 1.29 is 0 Å². The first-order valence-electron chi connectivity index (χ1n) is 7.23. The Balaban J connectivity index is 1.74. The minimum atomic E-state index is -0.369. The molecule has 2 atom stereocenters. The first kappa shape index (κ1) is 13.8. The van der Waals surface area contributed by atoms with Crippen LogP contribution in [0.15, 0.2) is 0 Å². The maximum atomic E-state index is 9.14. The fraction of sp³-hybridized carbons (Fsp3) is 0.929. The summed E-state index contributed by atoms with van der Waals surface area (Å²) in [6, 6.07) is 3.14. The van der Waals surface area contributed by atoms with E-state index in [0.717, 1.165) is 19.0 Å². The second-order valence-corrected chi connectivity index (χ2v) is 5.93. The van der Waals surface area contributed by atoms with Gasteiger partial charge in [-0.3, -0.25) is 4.90 Å². The molecule has 2 unspecified atom stereocenters. The van der Waals surface area contributed by atoms with Crippen LogP contribution >= 0.6 is 0 Å². The molecule has 2 aliphatic rings. The first-order valence-corrected chi connectivity index (χ1v) is 7.23. The van der Waals surface area contributed by atoms with Crippen LogP contribution in [0.25, 0.3) is 0 Å². The highest BCUT2D eigenvalue weighted by Gasteiger charge is 2.30. The summed E-state index contributed by atoms with van der Waals surface area (Å²) in [7, 11) is 1.88. The normalized spacial score (nSPS) is 29.3. The molecule has 0 aromatic heterocycles. The summed E-state index contributed by atoms with van der Waals surface area (Å²) >= 11 is 0. The second-order valence-electron chi connectivity index (χ2n) is 5.93. The number of hydrogen-bond acceptors (Lipinski definition) is 4. The highest BCUT2D eigenvalue weighted by atomic mass is 15.3. The molecular formula is C14H26N4. The van der Waals surface area contributed by atoms with E-state index in [0.29, 0.717) is 0 Å². The van der Waals surface area contributed by atoms with Gasteiger partial charge in [-0.2, -0.15) is 5.26 Å². The molecule has 1 N–H and O–H groups in total. The molecule has 0 aromatic rings. The van der Waals surface area contributed by atoms with E-state index < -0.39 is 0 Å². The standard InChI is InChI=1S/C14H26N4/c1-14(12-15,16-2)6-10-17-9-5-13(11-17)18-7-3-4-8-18/h13,16H,3-11H2,1-2H3. The monoisotopic (exact) mass is 250 g/mol. The zero-order valence-electron chi connectivity index (χ0n) is 11.8. The fourth-order valence-corrected chi connectivity index (χ4v) is 3.04. The molecule has 0 aromatic carbocycles. The van der Waals surface area contributed by atoms with Gasteiger partial charge in [-0.05, 0) is 59.3 Å². The van der Waals surface area contributed by atoms with Gasteiger partial charge in [0.05, 0.1) is 6.07 Å². The largest absolute Gasteiger partial charge is 0.303 e. The van der Waals surface area contributed by atoms with Gasteiger partial charge in [-0.15, -0.1) is 0 Å². The van der Waals surface area contributed by atoms with E-state index in [1.807, 2.05) is 14.0 Å². The van der Waals surface area contributed by atoms with E-state index in [1.54, 1.807) is 0 Å². The third kappa shape index (κ3) is 3.23. The predicted molar refractivity (Wildman–Crippen MR) is 73.3 cm³/mol. The van der Waals surface area contributed by atoms with Crippen molar-refractivity contribution in [2.45, 2.75) is 44.2 Å². The first-order chi connectivity index (χ1) is 8.67. The van der Waals surface area contributed by atoms with E-state index in [1.165, 1.54) is 45.4 Å².